The van der Waals surface area contributed by atoms with Gasteiger partial charge in [-0.3, -0.25) is 9.59 Å². The second-order valence-electron chi connectivity index (χ2n) is 6.74. The standard InChI is InChI=1S/C22H26N2O2S/c1-3-18-9-11-19(12-10-18)22(26)24-15-13-23(14-16-24)21(25)17(2)27-20-7-5-4-6-8-20/h4-12,17H,3,13-16H2,1-2H3. The third-order valence-electron chi connectivity index (χ3n) is 4.89. The molecule has 0 saturated carbocycles. The molecule has 1 unspecified atom stereocenters. The number of nitrogens with zero attached hydrogens (tertiary/aromatic N) is 2. The molecule has 1 saturated heterocycles. The summed E-state index contributed by atoms with van der Waals surface area (Å²) < 4.78 is 0. The molecule has 0 N–H and O–H groups in total. The lowest BCUT2D eigenvalue weighted by Crippen LogP contribution is -2.52. The van der Waals surface area contributed by atoms with E-state index in [0.29, 0.717) is 26.2 Å². The highest BCUT2D eigenvalue weighted by molar-refractivity contribution is 8.00. The molecule has 5 heteroatoms. The summed E-state index contributed by atoms with van der Waals surface area (Å²) in [4.78, 5) is 30.2. The Morgan fingerprint density at radius 2 is 1.52 bits per heavy atom. The van der Waals surface area contributed by atoms with Gasteiger partial charge in [0.1, 0.15) is 0 Å². The zero-order chi connectivity index (χ0) is 19.2. The first kappa shape index (κ1) is 19.5. The van der Waals surface area contributed by atoms with Crippen LogP contribution in [0.2, 0.25) is 0 Å². The monoisotopic (exact) mass is 382 g/mol. The van der Waals surface area contributed by atoms with Crippen LogP contribution in [0.1, 0.15) is 29.8 Å². The van der Waals surface area contributed by atoms with Crippen molar-refractivity contribution in [1.82, 2.24) is 9.80 Å². The zero-order valence-corrected chi connectivity index (χ0v) is 16.7. The van der Waals surface area contributed by atoms with Crippen LogP contribution < -0.4 is 0 Å². The molecule has 27 heavy (non-hydrogen) atoms. The Balaban J connectivity index is 1.53. The van der Waals surface area contributed by atoms with E-state index in [-0.39, 0.29) is 17.1 Å². The summed E-state index contributed by atoms with van der Waals surface area (Å²) in [5, 5.41) is -0.128. The van der Waals surface area contributed by atoms with Crippen LogP contribution in [0, 0.1) is 0 Å². The minimum atomic E-state index is -0.128. The largest absolute Gasteiger partial charge is 0.338 e. The van der Waals surface area contributed by atoms with Crippen molar-refractivity contribution in [2.45, 2.75) is 30.4 Å². The number of hydrogen-bond donors (Lipinski definition) is 0. The molecule has 1 aliphatic rings. The van der Waals surface area contributed by atoms with E-state index in [4.69, 9.17) is 0 Å². The zero-order valence-electron chi connectivity index (χ0n) is 15.9. The van der Waals surface area contributed by atoms with Crippen LogP contribution in [0.5, 0.6) is 0 Å². The van der Waals surface area contributed by atoms with Gasteiger partial charge in [0, 0.05) is 36.6 Å². The van der Waals surface area contributed by atoms with E-state index in [0.717, 1.165) is 16.9 Å². The van der Waals surface area contributed by atoms with Crippen molar-refractivity contribution in [3.8, 4) is 0 Å². The maximum absolute atomic E-state index is 12.7. The molecule has 1 atom stereocenters. The van der Waals surface area contributed by atoms with Gasteiger partial charge in [-0.2, -0.15) is 0 Å². The van der Waals surface area contributed by atoms with E-state index in [1.807, 2.05) is 71.3 Å². The molecule has 2 aromatic carbocycles. The van der Waals surface area contributed by atoms with Crippen LogP contribution >= 0.6 is 11.8 Å². The van der Waals surface area contributed by atoms with Gasteiger partial charge in [-0.1, -0.05) is 37.3 Å². The second-order valence-corrected chi connectivity index (χ2v) is 8.16. The number of benzene rings is 2. The normalized spacial score (nSPS) is 15.5. The Morgan fingerprint density at radius 3 is 2.11 bits per heavy atom. The molecule has 0 aromatic heterocycles. The summed E-state index contributed by atoms with van der Waals surface area (Å²) in [6.07, 6.45) is 0.967. The molecule has 1 fully saturated rings. The minimum Gasteiger partial charge on any atom is -0.338 e. The van der Waals surface area contributed by atoms with Gasteiger partial charge in [-0.15, -0.1) is 11.8 Å². The number of amides is 2. The fourth-order valence-corrected chi connectivity index (χ4v) is 4.18. The average molecular weight is 383 g/mol. The predicted molar refractivity (Wildman–Crippen MR) is 110 cm³/mol. The molecular weight excluding hydrogens is 356 g/mol. The molecule has 1 heterocycles. The van der Waals surface area contributed by atoms with Crippen LogP contribution in [0.4, 0.5) is 0 Å². The molecule has 4 nitrogen and oxygen atoms in total. The lowest BCUT2D eigenvalue weighted by molar-refractivity contribution is -0.131. The molecule has 0 spiro atoms. The molecule has 2 aromatic rings. The van der Waals surface area contributed by atoms with Crippen LogP contribution in [0.15, 0.2) is 59.5 Å². The highest BCUT2D eigenvalue weighted by Gasteiger charge is 2.27. The Morgan fingerprint density at radius 1 is 0.926 bits per heavy atom. The molecule has 0 bridgehead atoms. The molecule has 0 radical (unpaired) electrons. The molecule has 142 valence electrons. The molecule has 3 rings (SSSR count). The van der Waals surface area contributed by atoms with Gasteiger partial charge in [-0.05, 0) is 43.2 Å². The summed E-state index contributed by atoms with van der Waals surface area (Å²) in [5.41, 5.74) is 1.95. The van der Waals surface area contributed by atoms with Crippen LogP contribution in [0.25, 0.3) is 0 Å². The summed E-state index contributed by atoms with van der Waals surface area (Å²) in [6.45, 7) is 6.41. The number of piperazine rings is 1. The van der Waals surface area contributed by atoms with Gasteiger partial charge in [0.25, 0.3) is 5.91 Å². The van der Waals surface area contributed by atoms with Gasteiger partial charge in [0.2, 0.25) is 5.91 Å². The number of aryl methyl sites for hydroxylation is 1. The molecule has 2 amide bonds. The first-order valence-electron chi connectivity index (χ1n) is 9.47. The van der Waals surface area contributed by atoms with Crippen molar-refractivity contribution in [3.63, 3.8) is 0 Å². The van der Waals surface area contributed by atoms with Gasteiger partial charge in [-0.25, -0.2) is 0 Å². The highest BCUT2D eigenvalue weighted by atomic mass is 32.2. The van der Waals surface area contributed by atoms with Crippen molar-refractivity contribution in [2.75, 3.05) is 26.2 Å². The first-order valence-corrected chi connectivity index (χ1v) is 10.3. The number of thioether (sulfide) groups is 1. The highest BCUT2D eigenvalue weighted by Crippen LogP contribution is 2.24. The van der Waals surface area contributed by atoms with E-state index in [9.17, 15) is 9.59 Å². The van der Waals surface area contributed by atoms with Crippen molar-refractivity contribution in [3.05, 3.63) is 65.7 Å². The van der Waals surface area contributed by atoms with E-state index in [2.05, 4.69) is 6.92 Å². The lowest BCUT2D eigenvalue weighted by Gasteiger charge is -2.36. The van der Waals surface area contributed by atoms with Gasteiger partial charge in [0.15, 0.2) is 0 Å². The second kappa shape index (κ2) is 9.09. The molecule has 1 aliphatic heterocycles. The topological polar surface area (TPSA) is 40.6 Å². The summed E-state index contributed by atoms with van der Waals surface area (Å²) >= 11 is 1.58. The Bertz CT molecular complexity index is 769. The summed E-state index contributed by atoms with van der Waals surface area (Å²) in [6, 6.07) is 17.8. The van der Waals surface area contributed by atoms with Gasteiger partial charge in [0.05, 0.1) is 5.25 Å². The van der Waals surface area contributed by atoms with Crippen LogP contribution in [-0.4, -0.2) is 53.0 Å². The predicted octanol–water partition coefficient (Wildman–Crippen LogP) is 3.71. The number of hydrogen-bond acceptors (Lipinski definition) is 3. The van der Waals surface area contributed by atoms with Crippen molar-refractivity contribution in [2.24, 2.45) is 0 Å². The summed E-state index contributed by atoms with van der Waals surface area (Å²) in [5.74, 6) is 0.194. The summed E-state index contributed by atoms with van der Waals surface area (Å²) in [7, 11) is 0. The maximum Gasteiger partial charge on any atom is 0.253 e. The fourth-order valence-electron chi connectivity index (χ4n) is 3.21. The molecular formula is C22H26N2O2S. The quantitative estimate of drug-likeness (QED) is 0.740. The minimum absolute atomic E-state index is 0.0523. The Kier molecular flexibility index (Phi) is 6.56. The van der Waals surface area contributed by atoms with Gasteiger partial charge < -0.3 is 9.80 Å². The number of carbonyl (C=O) groups excluding carboxylic acids is 2. The fraction of sp³-hybridized carbons (Fsp3) is 0.364. The van der Waals surface area contributed by atoms with E-state index in [1.54, 1.807) is 11.8 Å². The lowest BCUT2D eigenvalue weighted by atomic mass is 10.1. The third-order valence-corrected chi connectivity index (χ3v) is 5.99. The Hall–Kier alpha value is -2.27. The van der Waals surface area contributed by atoms with Crippen LogP contribution in [0.3, 0.4) is 0 Å². The van der Waals surface area contributed by atoms with Crippen molar-refractivity contribution in [1.29, 1.82) is 0 Å². The van der Waals surface area contributed by atoms with Gasteiger partial charge >= 0.3 is 0 Å². The smallest absolute Gasteiger partial charge is 0.253 e. The number of carbonyl (C=O) groups is 2. The first-order chi connectivity index (χ1) is 13.1. The average Bonchev–Trinajstić information content (AvgIpc) is 2.73. The SMILES string of the molecule is CCc1ccc(C(=O)N2CCN(C(=O)C(C)Sc3ccccc3)CC2)cc1. The van der Waals surface area contributed by atoms with E-state index >= 15 is 0 Å². The number of rotatable bonds is 5. The maximum atomic E-state index is 12.7. The van der Waals surface area contributed by atoms with E-state index < -0.39 is 0 Å². The Labute approximate surface area is 165 Å². The van der Waals surface area contributed by atoms with Crippen molar-refractivity contribution < 1.29 is 9.59 Å². The van der Waals surface area contributed by atoms with E-state index in [1.165, 1.54) is 5.56 Å². The van der Waals surface area contributed by atoms with Crippen LogP contribution in [-0.2, 0) is 11.2 Å². The third kappa shape index (κ3) is 4.92. The molecule has 0 aliphatic carbocycles. The van der Waals surface area contributed by atoms with Crippen molar-refractivity contribution >= 4 is 23.6 Å².